The van der Waals surface area contributed by atoms with Gasteiger partial charge in [-0.25, -0.2) is 0 Å². The summed E-state index contributed by atoms with van der Waals surface area (Å²) in [5.74, 6) is 0.826. The van der Waals surface area contributed by atoms with E-state index in [1.165, 1.54) is 0 Å². The van der Waals surface area contributed by atoms with Crippen LogP contribution in [0.2, 0.25) is 0 Å². The molecule has 0 aromatic carbocycles. The minimum Gasteiger partial charge on any atom is -0.495 e. The van der Waals surface area contributed by atoms with Crippen LogP contribution in [0.5, 0.6) is 5.75 Å². The lowest BCUT2D eigenvalue weighted by molar-refractivity contribution is 0.183. The van der Waals surface area contributed by atoms with Crippen molar-refractivity contribution in [2.45, 2.75) is 32.9 Å². The van der Waals surface area contributed by atoms with E-state index in [0.717, 1.165) is 29.0 Å². The fourth-order valence-corrected chi connectivity index (χ4v) is 1.77. The average Bonchev–Trinajstić information content (AvgIpc) is 2.22. The van der Waals surface area contributed by atoms with Gasteiger partial charge in [0.1, 0.15) is 5.75 Å². The van der Waals surface area contributed by atoms with E-state index in [2.05, 4.69) is 4.98 Å². The van der Waals surface area contributed by atoms with Crippen LogP contribution in [0.25, 0.3) is 0 Å². The molecule has 0 saturated carbocycles. The highest BCUT2D eigenvalue weighted by atomic mass is 16.5. The molecule has 1 atom stereocenters. The average molecular weight is 224 g/mol. The summed E-state index contributed by atoms with van der Waals surface area (Å²) in [6, 6.07) is 0.0892. The molecule has 4 nitrogen and oxygen atoms in total. The highest BCUT2D eigenvalue weighted by Gasteiger charge is 2.14. The third-order valence-electron chi connectivity index (χ3n) is 2.43. The molecule has 0 aliphatic carbocycles. The largest absolute Gasteiger partial charge is 0.495 e. The van der Waals surface area contributed by atoms with Crippen molar-refractivity contribution >= 4 is 0 Å². The van der Waals surface area contributed by atoms with Crippen LogP contribution in [0.3, 0.4) is 0 Å². The predicted molar refractivity (Wildman–Crippen MR) is 63.6 cm³/mol. The molecule has 1 rings (SSSR count). The molecule has 0 aliphatic heterocycles. The van der Waals surface area contributed by atoms with Gasteiger partial charge in [0.25, 0.3) is 0 Å². The summed E-state index contributed by atoms with van der Waals surface area (Å²) < 4.78 is 10.5. The van der Waals surface area contributed by atoms with Crippen molar-refractivity contribution in [1.82, 2.24) is 4.98 Å². The molecule has 0 unspecified atom stereocenters. The summed E-state index contributed by atoms with van der Waals surface area (Å²) in [5.41, 5.74) is 8.88. The van der Waals surface area contributed by atoms with Gasteiger partial charge < -0.3 is 15.2 Å². The fraction of sp³-hybridized carbons (Fsp3) is 0.583. The normalized spacial score (nSPS) is 12.6. The molecule has 0 saturated heterocycles. The SMILES string of the molecule is COCc1cnc(C)c(OC)c1C[C@H](C)N. The maximum atomic E-state index is 5.85. The number of aromatic nitrogens is 1. The Morgan fingerprint density at radius 1 is 1.44 bits per heavy atom. The van der Waals surface area contributed by atoms with Crippen LogP contribution in [-0.4, -0.2) is 25.2 Å². The van der Waals surface area contributed by atoms with Crippen molar-refractivity contribution in [3.05, 3.63) is 23.0 Å². The molecule has 0 bridgehead atoms. The molecule has 1 aromatic heterocycles. The summed E-state index contributed by atoms with van der Waals surface area (Å²) in [7, 11) is 3.33. The molecule has 90 valence electrons. The summed E-state index contributed by atoms with van der Waals surface area (Å²) >= 11 is 0. The zero-order chi connectivity index (χ0) is 12.1. The second kappa shape index (κ2) is 5.82. The first-order valence-corrected chi connectivity index (χ1v) is 5.36. The second-order valence-corrected chi connectivity index (χ2v) is 4.00. The molecule has 16 heavy (non-hydrogen) atoms. The molecule has 0 amide bonds. The van der Waals surface area contributed by atoms with Crippen LogP contribution in [0.1, 0.15) is 23.7 Å². The van der Waals surface area contributed by atoms with E-state index in [0.29, 0.717) is 6.61 Å². The van der Waals surface area contributed by atoms with E-state index < -0.39 is 0 Å². The Labute approximate surface area is 96.8 Å². The Kier molecular flexibility index (Phi) is 4.71. The van der Waals surface area contributed by atoms with Crippen molar-refractivity contribution in [3.8, 4) is 5.75 Å². The van der Waals surface area contributed by atoms with E-state index in [-0.39, 0.29) is 6.04 Å². The predicted octanol–water partition coefficient (Wildman–Crippen LogP) is 1.43. The van der Waals surface area contributed by atoms with Crippen molar-refractivity contribution < 1.29 is 9.47 Å². The number of nitrogens with two attached hydrogens (primary N) is 1. The molecule has 2 N–H and O–H groups in total. The van der Waals surface area contributed by atoms with Crippen LogP contribution in [-0.2, 0) is 17.8 Å². The Balaban J connectivity index is 3.17. The first-order valence-electron chi connectivity index (χ1n) is 5.36. The molecule has 1 aromatic rings. The Hall–Kier alpha value is -1.13. The van der Waals surface area contributed by atoms with Crippen LogP contribution in [0.15, 0.2) is 6.20 Å². The summed E-state index contributed by atoms with van der Waals surface area (Å²) in [6.07, 6.45) is 2.60. The van der Waals surface area contributed by atoms with Crippen LogP contribution >= 0.6 is 0 Å². The van der Waals surface area contributed by atoms with Crippen molar-refractivity contribution in [2.24, 2.45) is 5.73 Å². The van der Waals surface area contributed by atoms with Crippen molar-refractivity contribution in [3.63, 3.8) is 0 Å². The van der Waals surface area contributed by atoms with Gasteiger partial charge in [-0.3, -0.25) is 4.98 Å². The van der Waals surface area contributed by atoms with E-state index in [9.17, 15) is 0 Å². The third kappa shape index (κ3) is 2.93. The molecule has 0 fully saturated rings. The van der Waals surface area contributed by atoms with Gasteiger partial charge in [-0.2, -0.15) is 0 Å². The maximum absolute atomic E-state index is 5.85. The summed E-state index contributed by atoms with van der Waals surface area (Å²) in [4.78, 5) is 4.29. The molecular formula is C12H20N2O2. The summed E-state index contributed by atoms with van der Waals surface area (Å²) in [6.45, 7) is 4.44. The van der Waals surface area contributed by atoms with E-state index in [1.54, 1.807) is 14.2 Å². The molecule has 0 radical (unpaired) electrons. The standard InChI is InChI=1S/C12H20N2O2/c1-8(13)5-11-10(7-15-3)6-14-9(2)12(11)16-4/h6,8H,5,7,13H2,1-4H3/t8-/m0/s1. The highest BCUT2D eigenvalue weighted by Crippen LogP contribution is 2.26. The monoisotopic (exact) mass is 224 g/mol. The number of ether oxygens (including phenoxy) is 2. The first kappa shape index (κ1) is 12.9. The van der Waals surface area contributed by atoms with Crippen LogP contribution in [0, 0.1) is 6.92 Å². The van der Waals surface area contributed by atoms with Gasteiger partial charge >= 0.3 is 0 Å². The van der Waals surface area contributed by atoms with E-state index in [1.807, 2.05) is 20.0 Å². The number of methoxy groups -OCH3 is 2. The first-order chi connectivity index (χ1) is 7.60. The quantitative estimate of drug-likeness (QED) is 0.822. The number of nitrogens with zero attached hydrogens (tertiary/aromatic N) is 1. The molecule has 1 heterocycles. The zero-order valence-electron chi connectivity index (χ0n) is 10.4. The lowest BCUT2D eigenvalue weighted by atomic mass is 10.0. The van der Waals surface area contributed by atoms with Gasteiger partial charge in [-0.05, 0) is 20.3 Å². The minimum atomic E-state index is 0.0892. The fourth-order valence-electron chi connectivity index (χ4n) is 1.77. The van der Waals surface area contributed by atoms with Crippen molar-refractivity contribution in [2.75, 3.05) is 14.2 Å². The molecule has 0 spiro atoms. The maximum Gasteiger partial charge on any atom is 0.143 e. The number of hydrogen-bond acceptors (Lipinski definition) is 4. The van der Waals surface area contributed by atoms with Gasteiger partial charge in [0, 0.05) is 30.5 Å². The molecular weight excluding hydrogens is 204 g/mol. The van der Waals surface area contributed by atoms with Gasteiger partial charge in [0.15, 0.2) is 0 Å². The topological polar surface area (TPSA) is 57.4 Å². The number of rotatable bonds is 5. The third-order valence-corrected chi connectivity index (χ3v) is 2.43. The van der Waals surface area contributed by atoms with E-state index in [4.69, 9.17) is 15.2 Å². The Morgan fingerprint density at radius 3 is 2.62 bits per heavy atom. The van der Waals surface area contributed by atoms with Gasteiger partial charge in [-0.15, -0.1) is 0 Å². The summed E-state index contributed by atoms with van der Waals surface area (Å²) in [5, 5.41) is 0. The minimum absolute atomic E-state index is 0.0892. The van der Waals surface area contributed by atoms with Gasteiger partial charge in [-0.1, -0.05) is 0 Å². The van der Waals surface area contributed by atoms with Gasteiger partial charge in [0.05, 0.1) is 19.4 Å². The highest BCUT2D eigenvalue weighted by molar-refractivity contribution is 5.42. The Morgan fingerprint density at radius 2 is 2.12 bits per heavy atom. The smallest absolute Gasteiger partial charge is 0.143 e. The Bertz CT molecular complexity index is 351. The molecule has 0 aliphatic rings. The molecule has 4 heteroatoms. The number of hydrogen-bond donors (Lipinski definition) is 1. The second-order valence-electron chi connectivity index (χ2n) is 4.00. The van der Waals surface area contributed by atoms with E-state index >= 15 is 0 Å². The van der Waals surface area contributed by atoms with Crippen LogP contribution < -0.4 is 10.5 Å². The lowest BCUT2D eigenvalue weighted by Crippen LogP contribution is -2.20. The number of aryl methyl sites for hydroxylation is 1. The van der Waals surface area contributed by atoms with Crippen molar-refractivity contribution in [1.29, 1.82) is 0 Å². The van der Waals surface area contributed by atoms with Crippen LogP contribution in [0.4, 0.5) is 0 Å². The van der Waals surface area contributed by atoms with Gasteiger partial charge in [0.2, 0.25) is 0 Å². The lowest BCUT2D eigenvalue weighted by Gasteiger charge is -2.16. The number of pyridine rings is 1. The zero-order valence-corrected chi connectivity index (χ0v) is 10.4.